The van der Waals surface area contributed by atoms with Crippen LogP contribution in [-0.2, 0) is 6.42 Å². The molecule has 3 aromatic carbocycles. The topological polar surface area (TPSA) is 24.4 Å². The molecule has 2 unspecified atom stereocenters. The Hall–Kier alpha value is -3.01. The maximum atomic E-state index is 13.8. The molecule has 1 heterocycles. The van der Waals surface area contributed by atoms with E-state index >= 15 is 0 Å². The van der Waals surface area contributed by atoms with Crippen LogP contribution in [0.5, 0.6) is 0 Å². The highest BCUT2D eigenvalue weighted by atomic mass is 19.1. The smallest absolute Gasteiger partial charge is 0.123 e. The molecule has 0 spiro atoms. The SMILES string of the molecule is Fc1cccc(C2N=C(CCc3ccccc3)NC2c2cccc(F)c2)c1. The van der Waals surface area contributed by atoms with Crippen LogP contribution in [0.15, 0.2) is 83.9 Å². The van der Waals surface area contributed by atoms with Gasteiger partial charge in [0, 0.05) is 6.42 Å². The maximum absolute atomic E-state index is 13.8. The van der Waals surface area contributed by atoms with Crippen molar-refractivity contribution in [3.63, 3.8) is 0 Å². The average Bonchev–Trinajstić information content (AvgIpc) is 3.12. The summed E-state index contributed by atoms with van der Waals surface area (Å²) >= 11 is 0. The van der Waals surface area contributed by atoms with Crippen LogP contribution in [0.3, 0.4) is 0 Å². The minimum Gasteiger partial charge on any atom is -0.364 e. The van der Waals surface area contributed by atoms with Crippen LogP contribution in [0.4, 0.5) is 8.78 Å². The molecular formula is C23H20F2N2. The summed E-state index contributed by atoms with van der Waals surface area (Å²) in [5.74, 6) is 0.283. The average molecular weight is 362 g/mol. The van der Waals surface area contributed by atoms with Gasteiger partial charge in [0.25, 0.3) is 0 Å². The van der Waals surface area contributed by atoms with Gasteiger partial charge in [-0.1, -0.05) is 54.6 Å². The molecule has 2 nitrogen and oxygen atoms in total. The lowest BCUT2D eigenvalue weighted by Gasteiger charge is -2.20. The molecule has 0 aromatic heterocycles. The van der Waals surface area contributed by atoms with Gasteiger partial charge in [-0.15, -0.1) is 0 Å². The molecule has 1 aliphatic rings. The maximum Gasteiger partial charge on any atom is 0.123 e. The molecule has 1 N–H and O–H groups in total. The van der Waals surface area contributed by atoms with Gasteiger partial charge in [0.15, 0.2) is 0 Å². The van der Waals surface area contributed by atoms with E-state index in [0.717, 1.165) is 29.8 Å². The first kappa shape index (κ1) is 17.4. The third-order valence-corrected chi connectivity index (χ3v) is 4.82. The van der Waals surface area contributed by atoms with Gasteiger partial charge in [0.1, 0.15) is 17.7 Å². The van der Waals surface area contributed by atoms with Crippen molar-refractivity contribution in [3.8, 4) is 0 Å². The second-order valence-electron chi connectivity index (χ2n) is 6.74. The van der Waals surface area contributed by atoms with Crippen molar-refractivity contribution < 1.29 is 8.78 Å². The number of aryl methyl sites for hydroxylation is 1. The van der Waals surface area contributed by atoms with Gasteiger partial charge in [-0.2, -0.15) is 0 Å². The molecule has 0 amide bonds. The first-order chi connectivity index (χ1) is 13.2. The van der Waals surface area contributed by atoms with Crippen LogP contribution in [-0.4, -0.2) is 5.84 Å². The predicted octanol–water partition coefficient (Wildman–Crippen LogP) is 5.38. The van der Waals surface area contributed by atoms with Crippen LogP contribution >= 0.6 is 0 Å². The number of amidine groups is 1. The zero-order valence-corrected chi connectivity index (χ0v) is 14.8. The first-order valence-electron chi connectivity index (χ1n) is 9.07. The van der Waals surface area contributed by atoms with Crippen LogP contribution in [0.25, 0.3) is 0 Å². The molecule has 2 atom stereocenters. The van der Waals surface area contributed by atoms with E-state index in [4.69, 9.17) is 4.99 Å². The van der Waals surface area contributed by atoms with Gasteiger partial charge in [0.05, 0.1) is 11.9 Å². The summed E-state index contributed by atoms with van der Waals surface area (Å²) in [5, 5.41) is 3.43. The largest absolute Gasteiger partial charge is 0.364 e. The molecule has 3 aromatic rings. The molecule has 136 valence electrons. The number of hydrogen-bond acceptors (Lipinski definition) is 2. The van der Waals surface area contributed by atoms with E-state index in [2.05, 4.69) is 17.4 Å². The highest BCUT2D eigenvalue weighted by Crippen LogP contribution is 2.37. The van der Waals surface area contributed by atoms with Gasteiger partial charge in [-0.25, -0.2) is 8.78 Å². The molecular weight excluding hydrogens is 342 g/mol. The van der Waals surface area contributed by atoms with Crippen molar-refractivity contribution in [2.45, 2.75) is 24.9 Å². The normalized spacial score (nSPS) is 18.8. The Labute approximate surface area is 157 Å². The number of nitrogens with one attached hydrogen (secondary N) is 1. The summed E-state index contributed by atoms with van der Waals surface area (Å²) in [5.41, 5.74) is 2.83. The van der Waals surface area contributed by atoms with E-state index in [-0.39, 0.29) is 23.7 Å². The summed E-state index contributed by atoms with van der Waals surface area (Å²) in [6.07, 6.45) is 1.61. The summed E-state index contributed by atoms with van der Waals surface area (Å²) < 4.78 is 27.5. The van der Waals surface area contributed by atoms with Crippen molar-refractivity contribution in [1.82, 2.24) is 5.32 Å². The van der Waals surface area contributed by atoms with Crippen molar-refractivity contribution in [1.29, 1.82) is 0 Å². The predicted molar refractivity (Wildman–Crippen MR) is 104 cm³/mol. The molecule has 0 saturated heterocycles. The number of rotatable bonds is 5. The van der Waals surface area contributed by atoms with E-state index in [9.17, 15) is 8.78 Å². The fraction of sp³-hybridized carbons (Fsp3) is 0.174. The van der Waals surface area contributed by atoms with Crippen molar-refractivity contribution >= 4 is 5.84 Å². The third kappa shape index (κ3) is 4.05. The lowest BCUT2D eigenvalue weighted by molar-refractivity contribution is 0.555. The Morgan fingerprint density at radius 3 is 2.11 bits per heavy atom. The van der Waals surface area contributed by atoms with E-state index in [1.807, 2.05) is 30.3 Å². The van der Waals surface area contributed by atoms with E-state index in [1.54, 1.807) is 12.1 Å². The Balaban J connectivity index is 1.61. The van der Waals surface area contributed by atoms with Gasteiger partial charge in [0.2, 0.25) is 0 Å². The molecule has 0 aliphatic carbocycles. The number of nitrogens with zero attached hydrogens (tertiary/aromatic N) is 1. The standard InChI is InChI=1S/C23H20F2N2/c24-19-10-4-8-17(14-19)22-23(18-9-5-11-20(25)15-18)27-21(26-22)13-12-16-6-2-1-3-7-16/h1-11,14-15,22-23H,12-13H2,(H,26,27). The minimum absolute atomic E-state index is 0.215. The molecule has 1 aliphatic heterocycles. The molecule has 0 bridgehead atoms. The molecule has 0 fully saturated rings. The van der Waals surface area contributed by atoms with Gasteiger partial charge < -0.3 is 5.32 Å². The van der Waals surface area contributed by atoms with Crippen LogP contribution in [0, 0.1) is 11.6 Å². The monoisotopic (exact) mass is 362 g/mol. The highest BCUT2D eigenvalue weighted by Gasteiger charge is 2.31. The van der Waals surface area contributed by atoms with Crippen LogP contribution < -0.4 is 5.32 Å². The molecule has 4 heteroatoms. The van der Waals surface area contributed by atoms with Crippen molar-refractivity contribution in [2.24, 2.45) is 4.99 Å². The fourth-order valence-corrected chi connectivity index (χ4v) is 3.51. The van der Waals surface area contributed by atoms with Gasteiger partial charge in [-0.3, -0.25) is 4.99 Å². The summed E-state index contributed by atoms with van der Waals surface area (Å²) in [4.78, 5) is 4.82. The second kappa shape index (κ2) is 7.70. The number of halogens is 2. The van der Waals surface area contributed by atoms with Gasteiger partial charge in [-0.05, 0) is 47.4 Å². The zero-order chi connectivity index (χ0) is 18.6. The third-order valence-electron chi connectivity index (χ3n) is 4.82. The fourth-order valence-electron chi connectivity index (χ4n) is 3.51. The summed E-state index contributed by atoms with van der Waals surface area (Å²) in [6, 6.07) is 22.7. The molecule has 0 saturated carbocycles. The Morgan fingerprint density at radius 1 is 0.741 bits per heavy atom. The van der Waals surface area contributed by atoms with Gasteiger partial charge >= 0.3 is 0 Å². The molecule has 0 radical (unpaired) electrons. The molecule has 4 rings (SSSR count). The number of benzene rings is 3. The van der Waals surface area contributed by atoms with E-state index in [0.29, 0.717) is 0 Å². The second-order valence-corrected chi connectivity index (χ2v) is 6.74. The zero-order valence-electron chi connectivity index (χ0n) is 14.8. The Kier molecular flexibility index (Phi) is 4.97. The van der Waals surface area contributed by atoms with Crippen LogP contribution in [0.2, 0.25) is 0 Å². The van der Waals surface area contributed by atoms with Crippen LogP contribution in [0.1, 0.15) is 35.2 Å². The number of hydrogen-bond donors (Lipinski definition) is 1. The van der Waals surface area contributed by atoms with E-state index < -0.39 is 0 Å². The number of aliphatic imine (C=N–C) groups is 1. The Morgan fingerprint density at radius 2 is 1.41 bits per heavy atom. The highest BCUT2D eigenvalue weighted by molar-refractivity contribution is 5.85. The lowest BCUT2D eigenvalue weighted by atomic mass is 9.95. The quantitative estimate of drug-likeness (QED) is 0.647. The first-order valence-corrected chi connectivity index (χ1v) is 9.07. The lowest BCUT2D eigenvalue weighted by Crippen LogP contribution is -2.24. The minimum atomic E-state index is -0.293. The summed E-state index contributed by atoms with van der Waals surface area (Å²) in [7, 11) is 0. The van der Waals surface area contributed by atoms with Crippen molar-refractivity contribution in [3.05, 3.63) is 107 Å². The summed E-state index contributed by atoms with van der Waals surface area (Å²) in [6.45, 7) is 0. The molecule has 27 heavy (non-hydrogen) atoms. The Bertz CT molecular complexity index is 953. The van der Waals surface area contributed by atoms with Crippen molar-refractivity contribution in [2.75, 3.05) is 0 Å². The van der Waals surface area contributed by atoms with E-state index in [1.165, 1.54) is 29.8 Å².